The van der Waals surface area contributed by atoms with Crippen LogP contribution in [0.4, 0.5) is 13.2 Å². The molecular weight excluding hydrogens is 527 g/mol. The highest BCUT2D eigenvalue weighted by Crippen LogP contribution is 2.29. The van der Waals surface area contributed by atoms with Crippen molar-refractivity contribution >= 4 is 22.7 Å². The average Bonchev–Trinajstić information content (AvgIpc) is 3.37. The molecule has 1 N–H and O–H groups in total. The Bertz CT molecular complexity index is 1460. The molecule has 0 saturated heterocycles. The fraction of sp³-hybridized carbons (Fsp3) is 0.333. The van der Waals surface area contributed by atoms with Crippen molar-refractivity contribution in [1.29, 1.82) is 0 Å². The molecule has 1 heterocycles. The summed E-state index contributed by atoms with van der Waals surface area (Å²) in [7, 11) is 0. The van der Waals surface area contributed by atoms with Gasteiger partial charge in [0.1, 0.15) is 6.54 Å². The van der Waals surface area contributed by atoms with E-state index in [-0.39, 0.29) is 30.8 Å². The van der Waals surface area contributed by atoms with E-state index in [9.17, 15) is 22.8 Å². The number of aromatic amines is 1. The third-order valence-corrected chi connectivity index (χ3v) is 7.14. The van der Waals surface area contributed by atoms with Gasteiger partial charge in [0.2, 0.25) is 5.91 Å². The molecule has 0 atom stereocenters. The molecule has 0 aliphatic rings. The lowest BCUT2D eigenvalue weighted by Crippen LogP contribution is -2.44. The smallest absolute Gasteiger partial charge is 0.361 e. The van der Waals surface area contributed by atoms with E-state index in [0.29, 0.717) is 30.6 Å². The van der Waals surface area contributed by atoms with E-state index in [0.717, 1.165) is 40.6 Å². The normalized spacial score (nSPS) is 11.7. The highest BCUT2D eigenvalue weighted by molar-refractivity contribution is 5.96. The van der Waals surface area contributed by atoms with Gasteiger partial charge in [-0.05, 0) is 65.8 Å². The molecule has 0 spiro atoms. The van der Waals surface area contributed by atoms with Crippen LogP contribution < -0.4 is 0 Å². The number of amides is 2. The number of rotatable bonds is 11. The van der Waals surface area contributed by atoms with Gasteiger partial charge in [-0.3, -0.25) is 9.59 Å². The van der Waals surface area contributed by atoms with Gasteiger partial charge in [-0.25, -0.2) is 0 Å². The monoisotopic (exact) mass is 563 g/mol. The van der Waals surface area contributed by atoms with Gasteiger partial charge in [0, 0.05) is 42.3 Å². The zero-order chi connectivity index (χ0) is 29.6. The molecule has 0 fully saturated rings. The number of halogens is 3. The van der Waals surface area contributed by atoms with E-state index >= 15 is 0 Å². The average molecular weight is 564 g/mol. The summed E-state index contributed by atoms with van der Waals surface area (Å²) in [6.45, 7) is 6.77. The number of alkyl halides is 3. The molecule has 0 aliphatic carbocycles. The molecule has 0 saturated carbocycles. The van der Waals surface area contributed by atoms with Crippen LogP contribution in [0.3, 0.4) is 0 Å². The van der Waals surface area contributed by atoms with Crippen molar-refractivity contribution in [2.75, 3.05) is 19.6 Å². The number of nitrogens with one attached hydrogen (secondary N) is 1. The van der Waals surface area contributed by atoms with Crippen molar-refractivity contribution in [3.63, 3.8) is 0 Å². The largest absolute Gasteiger partial charge is 0.416 e. The van der Waals surface area contributed by atoms with Gasteiger partial charge < -0.3 is 14.8 Å². The Balaban J connectivity index is 1.56. The second-order valence-electron chi connectivity index (χ2n) is 10.7. The fourth-order valence-electron chi connectivity index (χ4n) is 4.89. The summed E-state index contributed by atoms with van der Waals surface area (Å²) >= 11 is 0. The maximum absolute atomic E-state index is 13.8. The van der Waals surface area contributed by atoms with Gasteiger partial charge in [0.05, 0.1) is 5.56 Å². The molecule has 216 valence electrons. The molecule has 3 aromatic carbocycles. The van der Waals surface area contributed by atoms with Crippen LogP contribution in [0.2, 0.25) is 0 Å². The summed E-state index contributed by atoms with van der Waals surface area (Å²) in [4.78, 5) is 33.7. The van der Waals surface area contributed by atoms with Gasteiger partial charge >= 0.3 is 6.18 Å². The number of carbonyl (C=O) groups is 2. The highest BCUT2D eigenvalue weighted by atomic mass is 19.4. The minimum absolute atomic E-state index is 0.124. The van der Waals surface area contributed by atoms with Gasteiger partial charge in [-0.15, -0.1) is 0 Å². The highest BCUT2D eigenvalue weighted by Gasteiger charge is 2.30. The van der Waals surface area contributed by atoms with E-state index in [1.54, 1.807) is 21.9 Å². The number of H-pyrrole nitrogens is 1. The van der Waals surface area contributed by atoms with E-state index in [2.05, 4.69) is 4.98 Å². The van der Waals surface area contributed by atoms with Crippen molar-refractivity contribution in [2.24, 2.45) is 5.92 Å². The summed E-state index contributed by atoms with van der Waals surface area (Å²) in [5.41, 5.74) is 3.52. The maximum atomic E-state index is 13.8. The first-order valence-corrected chi connectivity index (χ1v) is 13.9. The molecule has 1 aromatic heterocycles. The van der Waals surface area contributed by atoms with Crippen molar-refractivity contribution in [1.82, 2.24) is 14.8 Å². The van der Waals surface area contributed by atoms with Gasteiger partial charge in [-0.2, -0.15) is 13.2 Å². The van der Waals surface area contributed by atoms with E-state index in [1.807, 2.05) is 63.4 Å². The standard InChI is InChI=1S/C33H36F3N3O2/c1-4-24-9-13-26(14-10-24)32(41)39(20-23(2)3)22-31(40)38(21-25-11-15-28(16-12-25)33(34,35)36)18-17-27-19-37-30-8-6-5-7-29(27)30/h5-16,19,23,37H,4,17-18,20-22H2,1-3H3. The Morgan fingerprint density at radius 2 is 1.54 bits per heavy atom. The van der Waals surface area contributed by atoms with Crippen LogP contribution in [0.25, 0.3) is 10.9 Å². The van der Waals surface area contributed by atoms with Crippen LogP contribution in [0.15, 0.2) is 79.0 Å². The minimum Gasteiger partial charge on any atom is -0.361 e. The summed E-state index contributed by atoms with van der Waals surface area (Å²) in [6.07, 6.45) is -1.11. The Kier molecular flexibility index (Phi) is 9.53. The number of aromatic nitrogens is 1. The van der Waals surface area contributed by atoms with Crippen LogP contribution >= 0.6 is 0 Å². The summed E-state index contributed by atoms with van der Waals surface area (Å²) < 4.78 is 39.3. The minimum atomic E-state index is -4.43. The summed E-state index contributed by atoms with van der Waals surface area (Å²) in [5.74, 6) is -0.346. The fourth-order valence-corrected chi connectivity index (χ4v) is 4.89. The quantitative estimate of drug-likeness (QED) is 0.211. The van der Waals surface area contributed by atoms with Crippen molar-refractivity contribution in [3.05, 3.63) is 107 Å². The summed E-state index contributed by atoms with van der Waals surface area (Å²) in [5, 5.41) is 1.06. The maximum Gasteiger partial charge on any atom is 0.416 e. The Hall–Kier alpha value is -4.07. The topological polar surface area (TPSA) is 56.4 Å². The molecule has 8 heteroatoms. The van der Waals surface area contributed by atoms with Crippen molar-refractivity contribution < 1.29 is 22.8 Å². The SMILES string of the molecule is CCc1ccc(C(=O)N(CC(=O)N(CCc2c[nH]c3ccccc23)Cc2ccc(C(F)(F)F)cc2)CC(C)C)cc1. The number of fused-ring (bicyclic) bond motifs is 1. The molecule has 0 radical (unpaired) electrons. The molecule has 41 heavy (non-hydrogen) atoms. The van der Waals surface area contributed by atoms with Crippen LogP contribution in [0.5, 0.6) is 0 Å². The van der Waals surface area contributed by atoms with Gasteiger partial charge in [0.15, 0.2) is 0 Å². The molecule has 0 unspecified atom stereocenters. The zero-order valence-corrected chi connectivity index (χ0v) is 23.7. The first kappa shape index (κ1) is 29.9. The Morgan fingerprint density at radius 3 is 2.17 bits per heavy atom. The predicted molar refractivity (Wildman–Crippen MR) is 155 cm³/mol. The lowest BCUT2D eigenvalue weighted by molar-refractivity contribution is -0.137. The molecule has 4 rings (SSSR count). The van der Waals surface area contributed by atoms with Crippen LogP contribution in [-0.2, 0) is 30.4 Å². The number of carbonyl (C=O) groups excluding carboxylic acids is 2. The number of hydrogen-bond donors (Lipinski definition) is 1. The number of para-hydroxylation sites is 1. The number of nitrogens with zero attached hydrogens (tertiary/aromatic N) is 2. The zero-order valence-electron chi connectivity index (χ0n) is 23.7. The number of hydrogen-bond acceptors (Lipinski definition) is 2. The number of aryl methyl sites for hydroxylation is 1. The van der Waals surface area contributed by atoms with E-state index in [1.165, 1.54) is 12.1 Å². The van der Waals surface area contributed by atoms with E-state index < -0.39 is 11.7 Å². The first-order valence-electron chi connectivity index (χ1n) is 13.9. The van der Waals surface area contributed by atoms with Gasteiger partial charge in [0.25, 0.3) is 5.91 Å². The molecular formula is C33H36F3N3O2. The molecule has 0 aliphatic heterocycles. The van der Waals surface area contributed by atoms with Crippen molar-refractivity contribution in [3.8, 4) is 0 Å². The lowest BCUT2D eigenvalue weighted by atomic mass is 10.1. The molecule has 4 aromatic rings. The van der Waals surface area contributed by atoms with Crippen LogP contribution in [-0.4, -0.2) is 46.2 Å². The lowest BCUT2D eigenvalue weighted by Gasteiger charge is -2.29. The second-order valence-corrected chi connectivity index (χ2v) is 10.7. The van der Waals surface area contributed by atoms with Crippen LogP contribution in [0, 0.1) is 5.92 Å². The third-order valence-electron chi connectivity index (χ3n) is 7.14. The Labute approximate surface area is 239 Å². The predicted octanol–water partition coefficient (Wildman–Crippen LogP) is 7.12. The first-order chi connectivity index (χ1) is 19.5. The molecule has 0 bridgehead atoms. The molecule has 5 nitrogen and oxygen atoms in total. The second kappa shape index (κ2) is 13.1. The van der Waals surface area contributed by atoms with E-state index in [4.69, 9.17) is 0 Å². The van der Waals surface area contributed by atoms with Crippen molar-refractivity contribution in [2.45, 2.75) is 46.3 Å². The van der Waals surface area contributed by atoms with Gasteiger partial charge in [-0.1, -0.05) is 63.2 Å². The Morgan fingerprint density at radius 1 is 0.878 bits per heavy atom. The summed E-state index contributed by atoms with van der Waals surface area (Å²) in [6, 6.07) is 20.2. The third kappa shape index (κ3) is 7.78. The molecule has 2 amide bonds. The van der Waals surface area contributed by atoms with Crippen LogP contribution in [0.1, 0.15) is 53.4 Å². The number of benzene rings is 3.